The van der Waals surface area contributed by atoms with E-state index in [1.54, 1.807) is 0 Å². The number of aromatic nitrogens is 1. The summed E-state index contributed by atoms with van der Waals surface area (Å²) >= 11 is 0. The minimum atomic E-state index is -0.395. The van der Waals surface area contributed by atoms with Crippen LogP contribution in [0.4, 0.5) is 0 Å². The Kier molecular flexibility index (Phi) is 4.56. The summed E-state index contributed by atoms with van der Waals surface area (Å²) < 4.78 is 2.22. The van der Waals surface area contributed by atoms with Crippen molar-refractivity contribution in [2.24, 2.45) is 0 Å². The first-order valence-corrected chi connectivity index (χ1v) is 9.12. The van der Waals surface area contributed by atoms with Gasteiger partial charge in [-0.1, -0.05) is 59.6 Å². The lowest BCUT2D eigenvalue weighted by Gasteiger charge is -2.14. The van der Waals surface area contributed by atoms with Crippen LogP contribution in [-0.4, -0.2) is 23.6 Å². The molecular weight excluding hydrogens is 317 g/mol. The normalized spacial score (nSPS) is 12.7. The van der Waals surface area contributed by atoms with Gasteiger partial charge >= 0.3 is 0 Å². The molecule has 0 aliphatic heterocycles. The van der Waals surface area contributed by atoms with Gasteiger partial charge in [0.2, 0.25) is 0 Å². The van der Waals surface area contributed by atoms with Crippen LogP contribution in [0.1, 0.15) is 17.5 Å². The summed E-state index contributed by atoms with van der Waals surface area (Å²) in [6.07, 6.45) is 1.23. The van der Waals surface area contributed by atoms with Crippen LogP contribution in [0.2, 0.25) is 0 Å². The lowest BCUT2D eigenvalue weighted by atomic mass is 9.94. The highest BCUT2D eigenvalue weighted by Gasteiger charge is 2.14. The summed E-state index contributed by atoms with van der Waals surface area (Å²) in [6, 6.07) is 22.8. The number of aliphatic hydroxyl groups excluding tert-OH is 1. The predicted molar refractivity (Wildman–Crippen MR) is 110 cm³/mol. The first-order valence-electron chi connectivity index (χ1n) is 9.12. The zero-order chi connectivity index (χ0) is 18.1. The molecule has 1 atom stereocenters. The van der Waals surface area contributed by atoms with Crippen LogP contribution in [0.3, 0.4) is 0 Å². The van der Waals surface area contributed by atoms with Crippen LogP contribution in [0.25, 0.3) is 21.8 Å². The Balaban J connectivity index is 1.66. The molecule has 128 valence electrons. The molecule has 4 rings (SSSR count). The predicted octanol–water partition coefficient (Wildman–Crippen LogP) is 3.89. The number of hydrogen-bond donors (Lipinski definition) is 1. The van der Waals surface area contributed by atoms with Gasteiger partial charge in [0.25, 0.3) is 0 Å². The minimum absolute atomic E-state index is 0.395. The van der Waals surface area contributed by atoms with Crippen molar-refractivity contribution in [2.75, 3.05) is 0 Å². The van der Waals surface area contributed by atoms with Crippen LogP contribution < -0.4 is 5.46 Å². The van der Waals surface area contributed by atoms with Gasteiger partial charge in [0.1, 0.15) is 7.85 Å². The Bertz CT molecular complexity index is 993. The van der Waals surface area contributed by atoms with Crippen LogP contribution >= 0.6 is 0 Å². The van der Waals surface area contributed by atoms with Crippen molar-refractivity contribution in [3.8, 4) is 0 Å². The van der Waals surface area contributed by atoms with Crippen LogP contribution in [0.15, 0.2) is 66.7 Å². The van der Waals surface area contributed by atoms with Gasteiger partial charge in [-0.25, -0.2) is 0 Å². The fourth-order valence-corrected chi connectivity index (χ4v) is 3.71. The maximum absolute atomic E-state index is 10.7. The van der Waals surface area contributed by atoms with E-state index < -0.39 is 6.10 Å². The highest BCUT2D eigenvalue weighted by Crippen LogP contribution is 2.29. The summed E-state index contributed by atoms with van der Waals surface area (Å²) in [5.74, 6) is 0. The van der Waals surface area contributed by atoms with Gasteiger partial charge in [0.15, 0.2) is 0 Å². The zero-order valence-electron chi connectivity index (χ0n) is 15.0. The second kappa shape index (κ2) is 7.01. The number of aliphatic hydroxyl groups is 1. The monoisotopic (exact) mass is 339 g/mol. The maximum atomic E-state index is 10.7. The quantitative estimate of drug-likeness (QED) is 0.548. The lowest BCUT2D eigenvalue weighted by Crippen LogP contribution is -2.16. The average Bonchev–Trinajstić information content (AvgIpc) is 2.93. The molecule has 0 spiro atoms. The molecule has 1 heterocycles. The summed E-state index contributed by atoms with van der Waals surface area (Å²) in [6.45, 7) is 2.68. The third-order valence-electron chi connectivity index (χ3n) is 5.05. The molecular formula is C23H22BNO. The van der Waals surface area contributed by atoms with E-state index in [2.05, 4.69) is 47.9 Å². The molecule has 1 N–H and O–H groups in total. The molecule has 0 aliphatic rings. The molecule has 1 aromatic heterocycles. The van der Waals surface area contributed by atoms with Gasteiger partial charge in [0.05, 0.1) is 6.10 Å². The molecule has 0 fully saturated rings. The molecule has 0 amide bonds. The maximum Gasteiger partial charge on any atom is 0.113 e. The Morgan fingerprint density at radius 1 is 0.923 bits per heavy atom. The number of aryl methyl sites for hydroxylation is 2. The fourth-order valence-electron chi connectivity index (χ4n) is 3.71. The highest BCUT2D eigenvalue weighted by molar-refractivity contribution is 6.33. The van der Waals surface area contributed by atoms with Gasteiger partial charge in [-0.3, -0.25) is 0 Å². The summed E-state index contributed by atoms with van der Waals surface area (Å²) in [5, 5.41) is 13.0. The van der Waals surface area contributed by atoms with Crippen LogP contribution in [0, 0.1) is 6.92 Å². The Morgan fingerprint density at radius 2 is 1.62 bits per heavy atom. The Hall–Kier alpha value is -2.52. The third-order valence-corrected chi connectivity index (χ3v) is 5.05. The van der Waals surface area contributed by atoms with E-state index in [-0.39, 0.29) is 0 Å². The average molecular weight is 339 g/mol. The van der Waals surface area contributed by atoms with Crippen LogP contribution in [-0.2, 0) is 13.0 Å². The van der Waals surface area contributed by atoms with Gasteiger partial charge in [-0.05, 0) is 43.5 Å². The van der Waals surface area contributed by atoms with Crippen molar-refractivity contribution in [1.29, 1.82) is 0 Å². The summed E-state index contributed by atoms with van der Waals surface area (Å²) in [7, 11) is 6.02. The van der Waals surface area contributed by atoms with Crippen molar-refractivity contribution in [3.05, 3.63) is 77.9 Å². The van der Waals surface area contributed by atoms with Gasteiger partial charge in [-0.2, -0.15) is 0 Å². The Morgan fingerprint density at radius 3 is 2.38 bits per heavy atom. The number of fused-ring (bicyclic) bond motifs is 3. The van der Waals surface area contributed by atoms with Crippen molar-refractivity contribution in [1.82, 2.24) is 4.57 Å². The minimum Gasteiger partial charge on any atom is -0.391 e. The molecule has 0 bridgehead atoms. The first-order chi connectivity index (χ1) is 12.6. The van der Waals surface area contributed by atoms with E-state index in [1.165, 1.54) is 16.5 Å². The van der Waals surface area contributed by atoms with E-state index >= 15 is 0 Å². The third kappa shape index (κ3) is 3.27. The van der Waals surface area contributed by atoms with Gasteiger partial charge in [-0.15, -0.1) is 0 Å². The lowest BCUT2D eigenvalue weighted by molar-refractivity contribution is 0.147. The summed E-state index contributed by atoms with van der Waals surface area (Å²) in [4.78, 5) is 0. The Labute approximate surface area is 155 Å². The van der Waals surface area contributed by atoms with Crippen LogP contribution in [0.5, 0.6) is 0 Å². The highest BCUT2D eigenvalue weighted by atomic mass is 16.3. The van der Waals surface area contributed by atoms with Gasteiger partial charge < -0.3 is 9.67 Å². The molecule has 1 unspecified atom stereocenters. The second-order valence-corrected chi connectivity index (χ2v) is 7.09. The van der Waals surface area contributed by atoms with Crippen molar-refractivity contribution in [2.45, 2.75) is 32.4 Å². The smallest absolute Gasteiger partial charge is 0.113 e. The molecule has 3 aromatic carbocycles. The second-order valence-electron chi connectivity index (χ2n) is 7.09. The molecule has 3 heteroatoms. The van der Waals surface area contributed by atoms with Crippen molar-refractivity contribution in [3.63, 3.8) is 0 Å². The number of hydrogen-bond acceptors (Lipinski definition) is 1. The molecule has 2 nitrogen and oxygen atoms in total. The molecule has 4 aromatic rings. The molecule has 0 saturated carbocycles. The SMILES string of the molecule is [B]c1ccc2c(c1)c1cc(C)ccc1n2CC(O)CCc1ccccc1. The van der Waals surface area contributed by atoms with E-state index in [9.17, 15) is 5.11 Å². The molecule has 2 radical (unpaired) electrons. The van der Waals surface area contributed by atoms with Crippen molar-refractivity contribution < 1.29 is 5.11 Å². The zero-order valence-corrected chi connectivity index (χ0v) is 15.0. The molecule has 26 heavy (non-hydrogen) atoms. The topological polar surface area (TPSA) is 25.2 Å². The number of rotatable bonds is 5. The van der Waals surface area contributed by atoms with E-state index in [4.69, 9.17) is 7.85 Å². The standard InChI is InChI=1S/C23H22BNO/c1-16-7-11-22-20(13-16)21-14-18(24)9-12-23(21)25(22)15-19(26)10-8-17-5-3-2-4-6-17/h2-7,9,11-14,19,26H,8,10,15H2,1H3. The summed E-state index contributed by atoms with van der Waals surface area (Å²) in [5.41, 5.74) is 5.52. The number of benzene rings is 3. The number of nitrogens with zero attached hydrogens (tertiary/aromatic N) is 1. The largest absolute Gasteiger partial charge is 0.391 e. The molecule has 0 saturated heterocycles. The fraction of sp³-hybridized carbons (Fsp3) is 0.217. The van der Waals surface area contributed by atoms with Gasteiger partial charge in [0, 0.05) is 28.4 Å². The van der Waals surface area contributed by atoms with E-state index in [0.29, 0.717) is 6.54 Å². The molecule has 0 aliphatic carbocycles. The van der Waals surface area contributed by atoms with E-state index in [0.717, 1.165) is 34.7 Å². The van der Waals surface area contributed by atoms with E-state index in [1.807, 2.05) is 30.3 Å². The van der Waals surface area contributed by atoms with Crippen molar-refractivity contribution >= 4 is 35.1 Å². The first kappa shape index (κ1) is 16.9.